The smallest absolute Gasteiger partial charge is 0.410 e. The van der Waals surface area contributed by atoms with Crippen molar-refractivity contribution in [1.29, 1.82) is 0 Å². The number of hydrogen-bond acceptors (Lipinski definition) is 6. The summed E-state index contributed by atoms with van der Waals surface area (Å²) in [4.78, 5) is 34.3. The molecule has 2 amide bonds. The maximum atomic E-state index is 12.6. The van der Waals surface area contributed by atoms with Gasteiger partial charge in [0.25, 0.3) is 5.91 Å². The Balaban J connectivity index is 1.30. The van der Waals surface area contributed by atoms with Crippen LogP contribution in [0.3, 0.4) is 0 Å². The van der Waals surface area contributed by atoms with Gasteiger partial charge in [-0.05, 0) is 53.7 Å². The molecule has 1 aliphatic rings. The normalized spacial score (nSPS) is 14.2. The second-order valence-electron chi connectivity index (χ2n) is 10.3. The zero-order valence-electron chi connectivity index (χ0n) is 21.3. The fraction of sp³-hybridized carbons (Fsp3) is 0.400. The van der Waals surface area contributed by atoms with Crippen LogP contribution in [0.25, 0.3) is 22.3 Å². The number of H-pyrrole nitrogens is 2. The van der Waals surface area contributed by atoms with Crippen LogP contribution in [-0.2, 0) is 4.74 Å². The van der Waals surface area contributed by atoms with E-state index in [1.54, 1.807) is 11.1 Å². The third-order valence-corrected chi connectivity index (χ3v) is 6.29. The van der Waals surface area contributed by atoms with Crippen LogP contribution in [0, 0.1) is 20.8 Å². The second-order valence-corrected chi connectivity index (χ2v) is 10.3. The Morgan fingerprint density at radius 1 is 1.17 bits per heavy atom. The van der Waals surface area contributed by atoms with Crippen molar-refractivity contribution in [2.24, 2.45) is 0 Å². The topological polar surface area (TPSA) is 134 Å². The van der Waals surface area contributed by atoms with Gasteiger partial charge in [-0.3, -0.25) is 14.6 Å². The minimum Gasteiger partial charge on any atom is -0.444 e. The van der Waals surface area contributed by atoms with Gasteiger partial charge in [0.1, 0.15) is 11.2 Å². The number of nitrogens with zero attached hydrogens (tertiary/aromatic N) is 5. The molecule has 36 heavy (non-hydrogen) atoms. The lowest BCUT2D eigenvalue weighted by Crippen LogP contribution is -2.52. The Kier molecular flexibility index (Phi) is 5.57. The zero-order valence-corrected chi connectivity index (χ0v) is 21.3. The quantitative estimate of drug-likeness (QED) is 0.394. The van der Waals surface area contributed by atoms with E-state index in [0.29, 0.717) is 30.1 Å². The summed E-state index contributed by atoms with van der Waals surface area (Å²) in [5.74, 6) is -0.285. The van der Waals surface area contributed by atoms with Gasteiger partial charge >= 0.3 is 6.09 Å². The molecule has 11 heteroatoms. The van der Waals surface area contributed by atoms with Gasteiger partial charge in [0, 0.05) is 41.5 Å². The van der Waals surface area contributed by atoms with Crippen molar-refractivity contribution in [2.45, 2.75) is 53.2 Å². The van der Waals surface area contributed by atoms with Gasteiger partial charge in [0.2, 0.25) is 0 Å². The SMILES string of the molecule is Cc1nn(C2CN(C(=O)OC(C)(C)C)C2)cc1-c1cc2cc(NC(=O)c3n[nH]c(C)c3C)cnc2[nH]1. The van der Waals surface area contributed by atoms with E-state index >= 15 is 0 Å². The molecule has 0 bridgehead atoms. The second kappa shape index (κ2) is 8.51. The molecule has 4 aromatic rings. The number of carbonyl (C=O) groups is 2. The Morgan fingerprint density at radius 2 is 1.92 bits per heavy atom. The van der Waals surface area contributed by atoms with Crippen molar-refractivity contribution in [1.82, 2.24) is 34.8 Å². The van der Waals surface area contributed by atoms with Crippen molar-refractivity contribution in [3.05, 3.63) is 47.2 Å². The highest BCUT2D eigenvalue weighted by atomic mass is 16.6. The van der Waals surface area contributed by atoms with E-state index in [4.69, 9.17) is 4.74 Å². The number of aromatic nitrogens is 6. The van der Waals surface area contributed by atoms with Crippen LogP contribution < -0.4 is 5.32 Å². The number of hydrogen-bond donors (Lipinski definition) is 3. The van der Waals surface area contributed by atoms with Crippen molar-refractivity contribution in [3.8, 4) is 11.3 Å². The third kappa shape index (κ3) is 4.43. The van der Waals surface area contributed by atoms with Crippen LogP contribution in [-0.4, -0.2) is 65.5 Å². The van der Waals surface area contributed by atoms with Crippen molar-refractivity contribution in [3.63, 3.8) is 0 Å². The lowest BCUT2D eigenvalue weighted by atomic mass is 10.1. The van der Waals surface area contributed by atoms with Crippen LogP contribution in [0.1, 0.15) is 54.3 Å². The molecule has 0 radical (unpaired) electrons. The molecular formula is C25H30N8O3. The van der Waals surface area contributed by atoms with Gasteiger partial charge < -0.3 is 19.9 Å². The minimum absolute atomic E-state index is 0.100. The van der Waals surface area contributed by atoms with Crippen LogP contribution in [0.5, 0.6) is 0 Å². The first-order chi connectivity index (χ1) is 17.0. The van der Waals surface area contributed by atoms with E-state index in [1.165, 1.54) is 0 Å². The Morgan fingerprint density at radius 3 is 2.58 bits per heavy atom. The summed E-state index contributed by atoms with van der Waals surface area (Å²) in [7, 11) is 0. The predicted octanol–water partition coefficient (Wildman–Crippen LogP) is 4.12. The molecule has 4 aromatic heterocycles. The molecule has 0 saturated carbocycles. The number of aromatic amines is 2. The van der Waals surface area contributed by atoms with Crippen LogP contribution in [0.2, 0.25) is 0 Å². The highest BCUT2D eigenvalue weighted by molar-refractivity contribution is 6.04. The number of amides is 2. The van der Waals surface area contributed by atoms with E-state index < -0.39 is 5.60 Å². The van der Waals surface area contributed by atoms with Gasteiger partial charge in [0.15, 0.2) is 5.69 Å². The molecule has 1 fully saturated rings. The van der Waals surface area contributed by atoms with E-state index in [1.807, 2.05) is 64.6 Å². The maximum absolute atomic E-state index is 12.6. The molecule has 0 atom stereocenters. The Hall–Kier alpha value is -4.15. The molecule has 5 heterocycles. The molecule has 1 saturated heterocycles. The fourth-order valence-corrected chi connectivity index (χ4v) is 4.16. The van der Waals surface area contributed by atoms with Crippen molar-refractivity contribution in [2.75, 3.05) is 18.4 Å². The predicted molar refractivity (Wildman–Crippen MR) is 135 cm³/mol. The number of pyridine rings is 1. The number of rotatable bonds is 4. The summed E-state index contributed by atoms with van der Waals surface area (Å²) in [6.45, 7) is 12.4. The summed E-state index contributed by atoms with van der Waals surface area (Å²) < 4.78 is 7.34. The standard InChI is InChI=1S/C25H30N8O3/c1-13-14(2)29-30-21(13)23(34)27-17-7-16-8-20(28-22(16)26-9-17)19-12-33(31-15(19)3)18-10-32(11-18)24(35)36-25(4,5)6/h7-9,12,18H,10-11H2,1-6H3,(H,26,28)(H,27,34)(H,29,30). The number of anilines is 1. The van der Waals surface area contributed by atoms with Gasteiger partial charge in [0.05, 0.1) is 29.3 Å². The molecule has 3 N–H and O–H groups in total. The molecule has 0 unspecified atom stereocenters. The zero-order chi connectivity index (χ0) is 25.8. The van der Waals surface area contributed by atoms with E-state index in [9.17, 15) is 9.59 Å². The van der Waals surface area contributed by atoms with E-state index in [-0.39, 0.29) is 18.0 Å². The van der Waals surface area contributed by atoms with Crippen LogP contribution >= 0.6 is 0 Å². The number of ether oxygens (including phenoxy) is 1. The van der Waals surface area contributed by atoms with Gasteiger partial charge in [-0.2, -0.15) is 10.2 Å². The number of carbonyl (C=O) groups excluding carboxylic acids is 2. The Labute approximate surface area is 208 Å². The fourth-order valence-electron chi connectivity index (χ4n) is 4.16. The summed E-state index contributed by atoms with van der Waals surface area (Å²) in [5, 5.41) is 15.3. The average molecular weight is 491 g/mol. The maximum Gasteiger partial charge on any atom is 0.410 e. The first-order valence-electron chi connectivity index (χ1n) is 11.8. The Bertz CT molecular complexity index is 1470. The minimum atomic E-state index is -0.513. The first kappa shape index (κ1) is 23.6. The summed E-state index contributed by atoms with van der Waals surface area (Å²) in [5.41, 5.74) is 5.54. The largest absolute Gasteiger partial charge is 0.444 e. The monoisotopic (exact) mass is 490 g/mol. The molecule has 11 nitrogen and oxygen atoms in total. The number of likely N-dealkylation sites (tertiary alicyclic amines) is 1. The van der Waals surface area contributed by atoms with Crippen molar-refractivity contribution < 1.29 is 14.3 Å². The third-order valence-electron chi connectivity index (χ3n) is 6.29. The van der Waals surface area contributed by atoms with Gasteiger partial charge in [-0.1, -0.05) is 0 Å². The lowest BCUT2D eigenvalue weighted by Gasteiger charge is -2.39. The van der Waals surface area contributed by atoms with Gasteiger partial charge in [-0.25, -0.2) is 9.78 Å². The molecule has 188 valence electrons. The molecule has 0 aromatic carbocycles. The lowest BCUT2D eigenvalue weighted by molar-refractivity contribution is -0.000413. The van der Waals surface area contributed by atoms with Crippen LogP contribution in [0.4, 0.5) is 10.5 Å². The molecular weight excluding hydrogens is 460 g/mol. The summed E-state index contributed by atoms with van der Waals surface area (Å²) >= 11 is 0. The van der Waals surface area contributed by atoms with E-state index in [0.717, 1.165) is 33.6 Å². The van der Waals surface area contributed by atoms with Gasteiger partial charge in [-0.15, -0.1) is 0 Å². The van der Waals surface area contributed by atoms with E-state index in [2.05, 4.69) is 30.6 Å². The molecule has 1 aliphatic heterocycles. The molecule has 0 spiro atoms. The summed E-state index contributed by atoms with van der Waals surface area (Å²) in [6.07, 6.45) is 3.30. The number of aryl methyl sites for hydroxylation is 2. The summed E-state index contributed by atoms with van der Waals surface area (Å²) in [6, 6.07) is 3.97. The molecule has 0 aliphatic carbocycles. The highest BCUT2D eigenvalue weighted by Gasteiger charge is 2.35. The first-order valence-corrected chi connectivity index (χ1v) is 11.8. The van der Waals surface area contributed by atoms with Crippen molar-refractivity contribution >= 4 is 28.7 Å². The molecule has 5 rings (SSSR count). The number of fused-ring (bicyclic) bond motifs is 1. The highest BCUT2D eigenvalue weighted by Crippen LogP contribution is 2.30. The van der Waals surface area contributed by atoms with Crippen LogP contribution in [0.15, 0.2) is 24.5 Å². The number of nitrogens with one attached hydrogen (secondary N) is 3. The average Bonchev–Trinajstić information content (AvgIpc) is 3.42.